The van der Waals surface area contributed by atoms with Crippen molar-refractivity contribution in [3.63, 3.8) is 0 Å². The minimum atomic E-state index is -0.867. The molecular weight excluding hydrogens is 238 g/mol. The molecule has 2 aromatic rings. The van der Waals surface area contributed by atoms with Crippen molar-refractivity contribution in [3.8, 4) is 5.75 Å². The van der Waals surface area contributed by atoms with Crippen LogP contribution in [-0.4, -0.2) is 9.78 Å². The highest BCUT2D eigenvalue weighted by molar-refractivity contribution is 5.20. The smallest absolute Gasteiger partial charge is 0.165 e. The van der Waals surface area contributed by atoms with E-state index in [9.17, 15) is 8.78 Å². The average Bonchev–Trinajstić information content (AvgIpc) is 2.80. The Morgan fingerprint density at radius 1 is 1.33 bits per heavy atom. The quantitative estimate of drug-likeness (QED) is 0.834. The zero-order valence-corrected chi connectivity index (χ0v) is 10.2. The number of hydrogen-bond donors (Lipinski definition) is 0. The fourth-order valence-corrected chi connectivity index (χ4v) is 1.50. The van der Waals surface area contributed by atoms with Gasteiger partial charge >= 0.3 is 0 Å². The predicted octanol–water partition coefficient (Wildman–Crippen LogP) is 3.32. The van der Waals surface area contributed by atoms with Crippen LogP contribution < -0.4 is 4.74 Å². The van der Waals surface area contributed by atoms with Gasteiger partial charge in [0.25, 0.3) is 0 Å². The molecule has 0 bridgehead atoms. The molecule has 1 aromatic heterocycles. The zero-order valence-electron chi connectivity index (χ0n) is 10.2. The SMILES string of the molecule is CC(C)n1cc(OCc2cccc(F)c2F)cn1. The first-order chi connectivity index (χ1) is 8.58. The van der Waals surface area contributed by atoms with Crippen molar-refractivity contribution in [2.45, 2.75) is 26.5 Å². The molecule has 0 unspecified atom stereocenters. The van der Waals surface area contributed by atoms with Gasteiger partial charge in [-0.2, -0.15) is 5.10 Å². The van der Waals surface area contributed by atoms with Crippen molar-refractivity contribution >= 4 is 0 Å². The van der Waals surface area contributed by atoms with Crippen molar-refractivity contribution in [1.82, 2.24) is 9.78 Å². The van der Waals surface area contributed by atoms with E-state index < -0.39 is 11.6 Å². The summed E-state index contributed by atoms with van der Waals surface area (Å²) in [5, 5.41) is 4.09. The molecule has 0 radical (unpaired) electrons. The summed E-state index contributed by atoms with van der Waals surface area (Å²) < 4.78 is 33.4. The fourth-order valence-electron chi connectivity index (χ4n) is 1.50. The van der Waals surface area contributed by atoms with Crippen molar-refractivity contribution in [2.24, 2.45) is 0 Å². The molecule has 0 aliphatic heterocycles. The van der Waals surface area contributed by atoms with Crippen LogP contribution in [0.1, 0.15) is 25.5 Å². The fraction of sp³-hybridized carbons (Fsp3) is 0.308. The molecule has 0 amide bonds. The number of ether oxygens (including phenoxy) is 1. The molecule has 0 N–H and O–H groups in total. The Morgan fingerprint density at radius 2 is 2.11 bits per heavy atom. The summed E-state index contributed by atoms with van der Waals surface area (Å²) in [6, 6.07) is 4.25. The summed E-state index contributed by atoms with van der Waals surface area (Å²) >= 11 is 0. The van der Waals surface area contributed by atoms with Gasteiger partial charge in [0, 0.05) is 11.6 Å². The summed E-state index contributed by atoms with van der Waals surface area (Å²) in [5.74, 6) is -1.20. The second-order valence-electron chi connectivity index (χ2n) is 4.25. The highest BCUT2D eigenvalue weighted by atomic mass is 19.2. The zero-order chi connectivity index (χ0) is 13.1. The Bertz CT molecular complexity index is 538. The molecule has 3 nitrogen and oxygen atoms in total. The molecule has 18 heavy (non-hydrogen) atoms. The number of benzene rings is 1. The van der Waals surface area contributed by atoms with Gasteiger partial charge < -0.3 is 4.74 Å². The van der Waals surface area contributed by atoms with Gasteiger partial charge in [-0.15, -0.1) is 0 Å². The standard InChI is InChI=1S/C13H14F2N2O/c1-9(2)17-7-11(6-16-17)18-8-10-4-3-5-12(14)13(10)15/h3-7,9H,8H2,1-2H3. The first kappa shape index (κ1) is 12.5. The van der Waals surface area contributed by atoms with E-state index in [2.05, 4.69) is 5.10 Å². The van der Waals surface area contributed by atoms with Gasteiger partial charge in [0.15, 0.2) is 17.4 Å². The van der Waals surface area contributed by atoms with Crippen LogP contribution >= 0.6 is 0 Å². The predicted molar refractivity (Wildman–Crippen MR) is 63.3 cm³/mol. The van der Waals surface area contributed by atoms with Crippen LogP contribution in [0.3, 0.4) is 0 Å². The summed E-state index contributed by atoms with van der Waals surface area (Å²) in [7, 11) is 0. The third-order valence-corrected chi connectivity index (χ3v) is 2.53. The molecule has 0 atom stereocenters. The number of halogens is 2. The van der Waals surface area contributed by atoms with E-state index >= 15 is 0 Å². The van der Waals surface area contributed by atoms with Crippen LogP contribution in [0, 0.1) is 11.6 Å². The van der Waals surface area contributed by atoms with E-state index in [1.54, 1.807) is 17.1 Å². The Morgan fingerprint density at radius 3 is 2.78 bits per heavy atom. The maximum atomic E-state index is 13.4. The van der Waals surface area contributed by atoms with E-state index in [-0.39, 0.29) is 18.2 Å². The third-order valence-electron chi connectivity index (χ3n) is 2.53. The van der Waals surface area contributed by atoms with E-state index in [1.165, 1.54) is 12.1 Å². The molecule has 0 fully saturated rings. The molecule has 2 rings (SSSR count). The first-order valence-electron chi connectivity index (χ1n) is 5.67. The highest BCUT2D eigenvalue weighted by Gasteiger charge is 2.09. The molecule has 0 saturated heterocycles. The van der Waals surface area contributed by atoms with Gasteiger partial charge in [-0.25, -0.2) is 8.78 Å². The van der Waals surface area contributed by atoms with Crippen molar-refractivity contribution in [2.75, 3.05) is 0 Å². The Labute approximate surface area is 104 Å². The lowest BCUT2D eigenvalue weighted by Gasteiger charge is -2.06. The summed E-state index contributed by atoms with van der Waals surface area (Å²) in [6.07, 6.45) is 3.28. The van der Waals surface area contributed by atoms with Crippen molar-refractivity contribution in [1.29, 1.82) is 0 Å². The number of rotatable bonds is 4. The van der Waals surface area contributed by atoms with E-state index in [0.29, 0.717) is 5.75 Å². The summed E-state index contributed by atoms with van der Waals surface area (Å²) in [6.45, 7) is 3.96. The summed E-state index contributed by atoms with van der Waals surface area (Å²) in [4.78, 5) is 0. The van der Waals surface area contributed by atoms with Crippen LogP contribution in [0.15, 0.2) is 30.6 Å². The Kier molecular flexibility index (Phi) is 3.60. The lowest BCUT2D eigenvalue weighted by molar-refractivity contribution is 0.296. The van der Waals surface area contributed by atoms with Crippen LogP contribution in [0.4, 0.5) is 8.78 Å². The van der Waals surface area contributed by atoms with E-state index in [1.807, 2.05) is 13.8 Å². The minimum absolute atomic E-state index is 0.0205. The second kappa shape index (κ2) is 5.16. The lowest BCUT2D eigenvalue weighted by Crippen LogP contribution is -2.01. The molecule has 0 aliphatic carbocycles. The molecule has 1 heterocycles. The van der Waals surface area contributed by atoms with Crippen LogP contribution in [0.5, 0.6) is 5.75 Å². The Balaban J connectivity index is 2.04. The van der Waals surface area contributed by atoms with E-state index in [4.69, 9.17) is 4.74 Å². The molecule has 0 aliphatic rings. The van der Waals surface area contributed by atoms with Gasteiger partial charge in [-0.3, -0.25) is 4.68 Å². The van der Waals surface area contributed by atoms with Crippen LogP contribution in [0.25, 0.3) is 0 Å². The Hall–Kier alpha value is -1.91. The molecular formula is C13H14F2N2O. The van der Waals surface area contributed by atoms with Gasteiger partial charge in [0.2, 0.25) is 0 Å². The maximum absolute atomic E-state index is 13.4. The van der Waals surface area contributed by atoms with Crippen molar-refractivity contribution in [3.05, 3.63) is 47.8 Å². The molecule has 96 valence electrons. The van der Waals surface area contributed by atoms with Crippen LogP contribution in [0.2, 0.25) is 0 Å². The average molecular weight is 252 g/mol. The van der Waals surface area contributed by atoms with E-state index in [0.717, 1.165) is 6.07 Å². The topological polar surface area (TPSA) is 27.1 Å². The second-order valence-corrected chi connectivity index (χ2v) is 4.25. The highest BCUT2D eigenvalue weighted by Crippen LogP contribution is 2.16. The van der Waals surface area contributed by atoms with Gasteiger partial charge in [-0.1, -0.05) is 12.1 Å². The molecule has 0 spiro atoms. The first-order valence-corrected chi connectivity index (χ1v) is 5.67. The van der Waals surface area contributed by atoms with Gasteiger partial charge in [0.1, 0.15) is 6.61 Å². The summed E-state index contributed by atoms with van der Waals surface area (Å²) in [5.41, 5.74) is 0.187. The lowest BCUT2D eigenvalue weighted by atomic mass is 10.2. The van der Waals surface area contributed by atoms with Crippen molar-refractivity contribution < 1.29 is 13.5 Å². The normalized spacial score (nSPS) is 10.9. The van der Waals surface area contributed by atoms with Crippen LogP contribution in [-0.2, 0) is 6.61 Å². The maximum Gasteiger partial charge on any atom is 0.165 e. The monoisotopic (exact) mass is 252 g/mol. The minimum Gasteiger partial charge on any atom is -0.485 e. The number of nitrogens with zero attached hydrogens (tertiary/aromatic N) is 2. The number of hydrogen-bond acceptors (Lipinski definition) is 2. The largest absolute Gasteiger partial charge is 0.485 e. The molecule has 0 saturated carbocycles. The van der Waals surface area contributed by atoms with Gasteiger partial charge in [-0.05, 0) is 19.9 Å². The molecule has 5 heteroatoms. The number of aromatic nitrogens is 2. The molecule has 1 aromatic carbocycles. The third kappa shape index (κ3) is 2.67. The van der Waals surface area contributed by atoms with Gasteiger partial charge in [0.05, 0.1) is 12.4 Å².